The SMILES string of the molecule is Cc1ccc(OCCCNC(=O)NCC2(O)CCC2)cc1. The van der Waals surface area contributed by atoms with Crippen LogP contribution in [0.2, 0.25) is 0 Å². The van der Waals surface area contributed by atoms with Crippen LogP contribution in [0.3, 0.4) is 0 Å². The van der Waals surface area contributed by atoms with Gasteiger partial charge in [-0.2, -0.15) is 0 Å². The standard InChI is InChI=1S/C16H24N2O3/c1-13-4-6-14(7-5-13)21-11-3-10-17-15(19)18-12-16(20)8-2-9-16/h4-7,20H,2-3,8-12H2,1H3,(H2,17,18,19). The zero-order chi connectivity index (χ0) is 15.1. The average Bonchev–Trinajstić information content (AvgIpc) is 2.44. The third kappa shape index (κ3) is 5.27. The predicted molar refractivity (Wildman–Crippen MR) is 81.5 cm³/mol. The highest BCUT2D eigenvalue weighted by Crippen LogP contribution is 2.30. The van der Waals surface area contributed by atoms with Gasteiger partial charge in [-0.1, -0.05) is 17.7 Å². The van der Waals surface area contributed by atoms with Crippen molar-refractivity contribution < 1.29 is 14.6 Å². The fraction of sp³-hybridized carbons (Fsp3) is 0.562. The molecule has 0 bridgehead atoms. The summed E-state index contributed by atoms with van der Waals surface area (Å²) in [7, 11) is 0. The number of nitrogens with one attached hydrogen (secondary N) is 2. The van der Waals surface area contributed by atoms with Crippen molar-refractivity contribution in [3.8, 4) is 5.75 Å². The first-order chi connectivity index (χ1) is 10.1. The topological polar surface area (TPSA) is 70.6 Å². The number of urea groups is 1. The molecule has 5 nitrogen and oxygen atoms in total. The fourth-order valence-corrected chi connectivity index (χ4v) is 2.17. The third-order valence-electron chi connectivity index (χ3n) is 3.76. The van der Waals surface area contributed by atoms with Crippen molar-refractivity contribution in [3.05, 3.63) is 29.8 Å². The molecule has 0 aromatic heterocycles. The van der Waals surface area contributed by atoms with Gasteiger partial charge in [-0.05, 0) is 44.7 Å². The molecule has 1 aromatic carbocycles. The Morgan fingerprint density at radius 2 is 2.00 bits per heavy atom. The van der Waals surface area contributed by atoms with E-state index in [4.69, 9.17) is 4.74 Å². The molecule has 116 valence electrons. The van der Waals surface area contributed by atoms with Crippen molar-refractivity contribution >= 4 is 6.03 Å². The van der Waals surface area contributed by atoms with Gasteiger partial charge in [-0.15, -0.1) is 0 Å². The Kier molecular flexibility index (Phi) is 5.44. The van der Waals surface area contributed by atoms with Gasteiger partial charge in [-0.25, -0.2) is 4.79 Å². The minimum absolute atomic E-state index is 0.231. The second kappa shape index (κ2) is 7.31. The second-order valence-electron chi connectivity index (χ2n) is 5.70. The highest BCUT2D eigenvalue weighted by atomic mass is 16.5. The first-order valence-corrected chi connectivity index (χ1v) is 7.51. The smallest absolute Gasteiger partial charge is 0.314 e. The Labute approximate surface area is 125 Å². The first kappa shape index (κ1) is 15.6. The van der Waals surface area contributed by atoms with Gasteiger partial charge >= 0.3 is 6.03 Å². The van der Waals surface area contributed by atoms with Gasteiger partial charge in [0, 0.05) is 13.1 Å². The van der Waals surface area contributed by atoms with E-state index in [1.165, 1.54) is 5.56 Å². The summed E-state index contributed by atoms with van der Waals surface area (Å²) < 4.78 is 5.57. The van der Waals surface area contributed by atoms with Gasteiger partial charge < -0.3 is 20.5 Å². The lowest BCUT2D eigenvalue weighted by atomic mass is 9.80. The molecular weight excluding hydrogens is 268 g/mol. The van der Waals surface area contributed by atoms with Crippen LogP contribution in [0.4, 0.5) is 4.79 Å². The number of ether oxygens (including phenoxy) is 1. The lowest BCUT2D eigenvalue weighted by Crippen LogP contribution is -2.50. The molecule has 0 spiro atoms. The summed E-state index contributed by atoms with van der Waals surface area (Å²) in [5, 5.41) is 15.3. The van der Waals surface area contributed by atoms with Crippen molar-refractivity contribution in [2.24, 2.45) is 0 Å². The van der Waals surface area contributed by atoms with Crippen LogP contribution in [0.1, 0.15) is 31.2 Å². The van der Waals surface area contributed by atoms with Crippen molar-refractivity contribution in [3.63, 3.8) is 0 Å². The Morgan fingerprint density at radius 3 is 2.62 bits per heavy atom. The predicted octanol–water partition coefficient (Wildman–Crippen LogP) is 1.98. The van der Waals surface area contributed by atoms with Crippen LogP contribution in [-0.4, -0.2) is 36.4 Å². The van der Waals surface area contributed by atoms with E-state index in [0.717, 1.165) is 31.4 Å². The number of aryl methyl sites for hydroxylation is 1. The lowest BCUT2D eigenvalue weighted by Gasteiger charge is -2.36. The van der Waals surface area contributed by atoms with E-state index in [0.29, 0.717) is 19.7 Å². The zero-order valence-corrected chi connectivity index (χ0v) is 12.5. The number of benzene rings is 1. The molecule has 1 fully saturated rings. The zero-order valence-electron chi connectivity index (χ0n) is 12.5. The summed E-state index contributed by atoms with van der Waals surface area (Å²) in [5.74, 6) is 0.845. The molecular formula is C16H24N2O3. The molecule has 2 amide bonds. The molecule has 3 N–H and O–H groups in total. The highest BCUT2D eigenvalue weighted by Gasteiger charge is 2.34. The number of hydrogen-bond donors (Lipinski definition) is 3. The third-order valence-corrected chi connectivity index (χ3v) is 3.76. The van der Waals surface area contributed by atoms with Crippen LogP contribution in [0.25, 0.3) is 0 Å². The molecule has 1 saturated carbocycles. The molecule has 0 saturated heterocycles. The van der Waals surface area contributed by atoms with E-state index in [9.17, 15) is 9.90 Å². The van der Waals surface area contributed by atoms with Gasteiger partial charge in [-0.3, -0.25) is 0 Å². The molecule has 1 aliphatic carbocycles. The maximum Gasteiger partial charge on any atom is 0.314 e. The van der Waals surface area contributed by atoms with Gasteiger partial charge in [0.15, 0.2) is 0 Å². The van der Waals surface area contributed by atoms with Crippen molar-refractivity contribution in [1.29, 1.82) is 0 Å². The number of carbonyl (C=O) groups excluding carboxylic acids is 1. The molecule has 2 rings (SSSR count). The largest absolute Gasteiger partial charge is 0.494 e. The molecule has 0 unspecified atom stereocenters. The molecule has 0 aliphatic heterocycles. The van der Waals surface area contributed by atoms with E-state index >= 15 is 0 Å². The van der Waals surface area contributed by atoms with Crippen molar-refractivity contribution in [1.82, 2.24) is 10.6 Å². The number of amides is 2. The van der Waals surface area contributed by atoms with E-state index in [2.05, 4.69) is 10.6 Å². The monoisotopic (exact) mass is 292 g/mol. The second-order valence-corrected chi connectivity index (χ2v) is 5.70. The number of aliphatic hydroxyl groups is 1. The Morgan fingerprint density at radius 1 is 1.29 bits per heavy atom. The molecule has 0 atom stereocenters. The summed E-state index contributed by atoms with van der Waals surface area (Å²) in [6, 6.07) is 7.66. The summed E-state index contributed by atoms with van der Waals surface area (Å²) >= 11 is 0. The first-order valence-electron chi connectivity index (χ1n) is 7.51. The van der Waals surface area contributed by atoms with E-state index in [1.807, 2.05) is 31.2 Å². The lowest BCUT2D eigenvalue weighted by molar-refractivity contribution is -0.0290. The van der Waals surface area contributed by atoms with E-state index in [1.54, 1.807) is 0 Å². The van der Waals surface area contributed by atoms with E-state index in [-0.39, 0.29) is 6.03 Å². The average molecular weight is 292 g/mol. The van der Waals surface area contributed by atoms with Crippen molar-refractivity contribution in [2.75, 3.05) is 19.7 Å². The van der Waals surface area contributed by atoms with Gasteiger partial charge in [0.25, 0.3) is 0 Å². The summed E-state index contributed by atoms with van der Waals surface area (Å²) in [6.45, 7) is 3.48. The molecule has 0 heterocycles. The quantitative estimate of drug-likeness (QED) is 0.673. The van der Waals surface area contributed by atoms with Gasteiger partial charge in [0.1, 0.15) is 5.75 Å². The van der Waals surface area contributed by atoms with Gasteiger partial charge in [0.2, 0.25) is 0 Å². The van der Waals surface area contributed by atoms with Crippen molar-refractivity contribution in [2.45, 2.75) is 38.2 Å². The Bertz CT molecular complexity index is 455. The highest BCUT2D eigenvalue weighted by molar-refractivity contribution is 5.73. The van der Waals surface area contributed by atoms with Gasteiger partial charge in [0.05, 0.1) is 12.2 Å². The summed E-state index contributed by atoms with van der Waals surface area (Å²) in [4.78, 5) is 11.5. The fourth-order valence-electron chi connectivity index (χ4n) is 2.17. The number of hydrogen-bond acceptors (Lipinski definition) is 3. The molecule has 5 heteroatoms. The molecule has 0 radical (unpaired) electrons. The van der Waals surface area contributed by atoms with Crippen LogP contribution in [0, 0.1) is 6.92 Å². The summed E-state index contributed by atoms with van der Waals surface area (Å²) in [5.41, 5.74) is 0.528. The molecule has 21 heavy (non-hydrogen) atoms. The van der Waals surface area contributed by atoms with E-state index < -0.39 is 5.60 Å². The normalized spacial score (nSPS) is 15.9. The van der Waals surface area contributed by atoms with Crippen LogP contribution >= 0.6 is 0 Å². The maximum atomic E-state index is 11.5. The Balaban J connectivity index is 1.51. The number of rotatable bonds is 7. The molecule has 1 aromatic rings. The molecule has 1 aliphatic rings. The minimum atomic E-state index is -0.675. The Hall–Kier alpha value is -1.75. The van der Waals surface area contributed by atoms with Crippen LogP contribution in [0.15, 0.2) is 24.3 Å². The van der Waals surface area contributed by atoms with Crippen LogP contribution in [0.5, 0.6) is 5.75 Å². The van der Waals surface area contributed by atoms with Crippen LogP contribution < -0.4 is 15.4 Å². The maximum absolute atomic E-state index is 11.5. The van der Waals surface area contributed by atoms with Crippen LogP contribution in [-0.2, 0) is 0 Å². The minimum Gasteiger partial charge on any atom is -0.494 e. The number of carbonyl (C=O) groups is 1. The summed E-state index contributed by atoms with van der Waals surface area (Å²) in [6.07, 6.45) is 3.33.